The Morgan fingerprint density at radius 1 is 0.975 bits per heavy atom. The quantitative estimate of drug-likeness (QED) is 0.195. The van der Waals surface area contributed by atoms with Crippen molar-refractivity contribution in [2.24, 2.45) is 0 Å². The Hall–Kier alpha value is -3.28. The van der Waals surface area contributed by atoms with Gasteiger partial charge in [-0.2, -0.15) is 0 Å². The molecule has 0 saturated carbocycles. The average Bonchev–Trinajstić information content (AvgIpc) is 2.94. The zero-order valence-corrected chi connectivity index (χ0v) is 24.4. The number of hydrogen-bond acceptors (Lipinski definition) is 4. The number of benzene rings is 3. The lowest BCUT2D eigenvalue weighted by Gasteiger charge is -2.33. The highest BCUT2D eigenvalue weighted by molar-refractivity contribution is 6.31. The summed E-state index contributed by atoms with van der Waals surface area (Å²) in [7, 11) is 1.69. The SMILES string of the molecule is COc1ccc(CCCCC(Oc2c(-c3cc(C)cc(C)c3)c(=O)[nH]c3cc(Cl)ccc23)C2CCCCN2)cc1. The summed E-state index contributed by atoms with van der Waals surface area (Å²) in [4.78, 5) is 16.7. The monoisotopic (exact) mass is 558 g/mol. The Morgan fingerprint density at radius 3 is 2.45 bits per heavy atom. The Balaban J connectivity index is 1.47. The van der Waals surface area contributed by atoms with E-state index in [0.29, 0.717) is 21.9 Å². The van der Waals surface area contributed by atoms with Crippen molar-refractivity contribution in [1.29, 1.82) is 0 Å². The van der Waals surface area contributed by atoms with Crippen molar-refractivity contribution in [1.82, 2.24) is 10.3 Å². The van der Waals surface area contributed by atoms with Crippen molar-refractivity contribution in [3.8, 4) is 22.6 Å². The van der Waals surface area contributed by atoms with E-state index in [2.05, 4.69) is 54.5 Å². The number of halogens is 1. The van der Waals surface area contributed by atoms with Crippen LogP contribution in [0.3, 0.4) is 0 Å². The zero-order valence-electron chi connectivity index (χ0n) is 23.7. The maximum Gasteiger partial charge on any atom is 0.260 e. The highest BCUT2D eigenvalue weighted by atomic mass is 35.5. The van der Waals surface area contributed by atoms with Gasteiger partial charge in [0, 0.05) is 16.5 Å². The van der Waals surface area contributed by atoms with Crippen LogP contribution < -0.4 is 20.3 Å². The van der Waals surface area contributed by atoms with Crippen LogP contribution in [0, 0.1) is 13.8 Å². The number of aromatic amines is 1. The molecule has 6 heteroatoms. The molecule has 5 nitrogen and oxygen atoms in total. The third kappa shape index (κ3) is 6.71. The molecule has 40 heavy (non-hydrogen) atoms. The summed E-state index contributed by atoms with van der Waals surface area (Å²) in [6.07, 6.45) is 7.38. The van der Waals surface area contributed by atoms with E-state index in [1.165, 1.54) is 18.4 Å². The van der Waals surface area contributed by atoms with Gasteiger partial charge in [-0.25, -0.2) is 0 Å². The van der Waals surface area contributed by atoms with Gasteiger partial charge in [-0.3, -0.25) is 4.79 Å². The number of ether oxygens (including phenoxy) is 2. The molecule has 1 fully saturated rings. The molecule has 3 aromatic carbocycles. The molecule has 0 bridgehead atoms. The second-order valence-corrected chi connectivity index (χ2v) is 11.5. The lowest BCUT2D eigenvalue weighted by Crippen LogP contribution is -2.46. The van der Waals surface area contributed by atoms with Gasteiger partial charge in [0.2, 0.25) is 0 Å². The largest absolute Gasteiger partial charge is 0.497 e. The molecule has 2 N–H and O–H groups in total. The Kier molecular flexibility index (Phi) is 9.13. The summed E-state index contributed by atoms with van der Waals surface area (Å²) in [6.45, 7) is 5.11. The molecule has 2 unspecified atom stereocenters. The van der Waals surface area contributed by atoms with Crippen molar-refractivity contribution in [2.75, 3.05) is 13.7 Å². The Morgan fingerprint density at radius 2 is 1.75 bits per heavy atom. The van der Waals surface area contributed by atoms with Crippen molar-refractivity contribution in [3.63, 3.8) is 0 Å². The molecule has 0 radical (unpaired) electrons. The minimum Gasteiger partial charge on any atom is -0.497 e. The molecule has 5 rings (SSSR count). The number of fused-ring (bicyclic) bond motifs is 1. The standard InChI is InChI=1S/C34H39ClN2O3/c1-22-18-23(2)20-25(19-22)32-33(28-16-13-26(35)21-30(28)37-34(32)38)40-31(29-9-6-7-17-36-29)10-5-4-8-24-11-14-27(39-3)15-12-24/h11-16,18-21,29,31,36H,4-10,17H2,1-3H3,(H,37,38). The van der Waals surface area contributed by atoms with Crippen LogP contribution in [0.4, 0.5) is 0 Å². The first-order chi connectivity index (χ1) is 19.4. The number of H-pyrrole nitrogens is 1. The summed E-state index contributed by atoms with van der Waals surface area (Å²) in [5.41, 5.74) is 5.52. The van der Waals surface area contributed by atoms with Crippen LogP contribution >= 0.6 is 11.6 Å². The van der Waals surface area contributed by atoms with E-state index in [1.54, 1.807) is 13.2 Å². The van der Waals surface area contributed by atoms with E-state index in [0.717, 1.165) is 66.5 Å². The van der Waals surface area contributed by atoms with Crippen LogP contribution in [-0.4, -0.2) is 30.8 Å². The predicted octanol–water partition coefficient (Wildman–Crippen LogP) is 7.78. The molecular formula is C34H39ClN2O3. The van der Waals surface area contributed by atoms with Gasteiger partial charge in [0.15, 0.2) is 0 Å². The van der Waals surface area contributed by atoms with E-state index in [1.807, 2.05) is 24.3 Å². The number of piperidine rings is 1. The van der Waals surface area contributed by atoms with Crippen molar-refractivity contribution < 1.29 is 9.47 Å². The van der Waals surface area contributed by atoms with E-state index < -0.39 is 0 Å². The lowest BCUT2D eigenvalue weighted by molar-refractivity contribution is 0.127. The maximum absolute atomic E-state index is 13.6. The third-order valence-electron chi connectivity index (χ3n) is 7.87. The highest BCUT2D eigenvalue weighted by Crippen LogP contribution is 2.37. The van der Waals surface area contributed by atoms with Crippen molar-refractivity contribution in [3.05, 3.63) is 92.7 Å². The number of aryl methyl sites for hydroxylation is 3. The number of nitrogens with one attached hydrogen (secondary N) is 2. The number of hydrogen-bond donors (Lipinski definition) is 2. The fourth-order valence-corrected chi connectivity index (χ4v) is 6.07. The summed E-state index contributed by atoms with van der Waals surface area (Å²) in [5, 5.41) is 5.17. The lowest BCUT2D eigenvalue weighted by atomic mass is 9.94. The topological polar surface area (TPSA) is 63.4 Å². The van der Waals surface area contributed by atoms with Gasteiger partial charge in [0.1, 0.15) is 17.6 Å². The predicted molar refractivity (Wildman–Crippen MR) is 165 cm³/mol. The minimum atomic E-state index is -0.162. The van der Waals surface area contributed by atoms with E-state index >= 15 is 0 Å². The normalized spacial score (nSPS) is 16.1. The van der Waals surface area contributed by atoms with Crippen LogP contribution in [0.5, 0.6) is 11.5 Å². The van der Waals surface area contributed by atoms with Crippen LogP contribution in [-0.2, 0) is 6.42 Å². The number of pyridine rings is 1. The molecule has 1 saturated heterocycles. The molecule has 0 amide bonds. The zero-order chi connectivity index (χ0) is 28.1. The number of rotatable bonds is 10. The summed E-state index contributed by atoms with van der Waals surface area (Å²) in [6, 6.07) is 20.4. The van der Waals surface area contributed by atoms with Crippen LogP contribution in [0.25, 0.3) is 22.0 Å². The Bertz CT molecular complexity index is 1490. The molecule has 0 aliphatic carbocycles. The molecule has 0 spiro atoms. The van der Waals surface area contributed by atoms with E-state index in [-0.39, 0.29) is 17.7 Å². The summed E-state index contributed by atoms with van der Waals surface area (Å²) >= 11 is 6.32. The van der Waals surface area contributed by atoms with Gasteiger partial charge in [-0.05, 0) is 100 Å². The van der Waals surface area contributed by atoms with Gasteiger partial charge >= 0.3 is 0 Å². The van der Waals surface area contributed by atoms with Gasteiger partial charge in [0.25, 0.3) is 5.56 Å². The second-order valence-electron chi connectivity index (χ2n) is 11.0. The molecule has 4 aromatic rings. The third-order valence-corrected chi connectivity index (χ3v) is 8.10. The summed E-state index contributed by atoms with van der Waals surface area (Å²) in [5.74, 6) is 1.53. The smallest absolute Gasteiger partial charge is 0.260 e. The molecule has 2 heterocycles. The van der Waals surface area contributed by atoms with E-state index in [9.17, 15) is 4.79 Å². The first-order valence-electron chi connectivity index (χ1n) is 14.4. The Labute approximate surface area is 241 Å². The molecular weight excluding hydrogens is 520 g/mol. The molecule has 210 valence electrons. The molecule has 2 atom stereocenters. The fourth-order valence-electron chi connectivity index (χ4n) is 5.90. The molecule has 1 aliphatic heterocycles. The molecule has 1 aromatic heterocycles. The van der Waals surface area contributed by atoms with Crippen LogP contribution in [0.15, 0.2) is 65.5 Å². The second kappa shape index (κ2) is 12.9. The van der Waals surface area contributed by atoms with Gasteiger partial charge in [-0.1, -0.05) is 59.5 Å². The number of unbranched alkanes of at least 4 members (excludes halogenated alkanes) is 1. The summed E-state index contributed by atoms with van der Waals surface area (Å²) < 4.78 is 12.3. The fraction of sp³-hybridized carbons (Fsp3) is 0.382. The first kappa shape index (κ1) is 28.3. The number of methoxy groups -OCH3 is 1. The van der Waals surface area contributed by atoms with Crippen LogP contribution in [0.1, 0.15) is 55.2 Å². The average molecular weight is 559 g/mol. The highest BCUT2D eigenvalue weighted by Gasteiger charge is 2.27. The van der Waals surface area contributed by atoms with Gasteiger partial charge < -0.3 is 19.8 Å². The van der Waals surface area contributed by atoms with Crippen LogP contribution in [0.2, 0.25) is 5.02 Å². The van der Waals surface area contributed by atoms with Crippen molar-refractivity contribution in [2.45, 2.75) is 70.9 Å². The first-order valence-corrected chi connectivity index (χ1v) is 14.8. The number of aromatic nitrogens is 1. The van der Waals surface area contributed by atoms with E-state index in [4.69, 9.17) is 21.1 Å². The molecule has 1 aliphatic rings. The van der Waals surface area contributed by atoms with Crippen molar-refractivity contribution >= 4 is 22.5 Å². The van der Waals surface area contributed by atoms with Gasteiger partial charge in [0.05, 0.1) is 18.2 Å². The van der Waals surface area contributed by atoms with Gasteiger partial charge in [-0.15, -0.1) is 0 Å². The maximum atomic E-state index is 13.6. The minimum absolute atomic E-state index is 0.0542.